The Kier molecular flexibility index (Phi) is 3.99. The third-order valence-electron chi connectivity index (χ3n) is 2.35. The fraction of sp³-hybridized carbons (Fsp3) is 0.333. The van der Waals surface area contributed by atoms with Crippen LogP contribution in [-0.2, 0) is 11.3 Å². The third kappa shape index (κ3) is 2.89. The quantitative estimate of drug-likeness (QED) is 0.778. The molecule has 0 unspecified atom stereocenters. The molecule has 0 saturated heterocycles. The molecule has 2 aromatic heterocycles. The van der Waals surface area contributed by atoms with Crippen molar-refractivity contribution in [1.82, 2.24) is 9.78 Å². The summed E-state index contributed by atoms with van der Waals surface area (Å²) in [5, 5.41) is 5.86. The second-order valence-electron chi connectivity index (χ2n) is 3.76. The van der Waals surface area contributed by atoms with Gasteiger partial charge in [-0.3, -0.25) is 4.68 Å². The molecule has 0 aliphatic heterocycles. The highest BCUT2D eigenvalue weighted by molar-refractivity contribution is 7.12. The van der Waals surface area contributed by atoms with Crippen molar-refractivity contribution in [3.63, 3.8) is 0 Å². The fourth-order valence-electron chi connectivity index (χ4n) is 1.55. The fourth-order valence-corrected chi connectivity index (χ4v) is 2.29. The van der Waals surface area contributed by atoms with E-state index >= 15 is 0 Å². The lowest BCUT2D eigenvalue weighted by Gasteiger charge is -2.13. The summed E-state index contributed by atoms with van der Waals surface area (Å²) in [5.74, 6) is 0.192. The zero-order valence-corrected chi connectivity index (χ0v) is 11.0. The lowest BCUT2D eigenvalue weighted by molar-refractivity contribution is 0.0301. The van der Waals surface area contributed by atoms with Crippen molar-refractivity contribution in [2.24, 2.45) is 0 Å². The number of carbonyl (C=O) groups excluding carboxylic acids is 1. The summed E-state index contributed by atoms with van der Waals surface area (Å²) in [6.07, 6.45) is 3.27. The molecule has 0 bridgehead atoms. The Hall–Kier alpha value is -1.82. The first kappa shape index (κ1) is 12.6. The van der Waals surface area contributed by atoms with E-state index in [1.165, 1.54) is 18.4 Å². The van der Waals surface area contributed by atoms with Crippen molar-refractivity contribution in [3.8, 4) is 5.75 Å². The standard InChI is InChI=1S/C12H14N2O3S/c1-9(8-14-6-3-5-13-14)17-12(15)11-10(16-2)4-7-18-11/h3-7,9H,8H2,1-2H3/t9-/m0/s1. The Labute approximate surface area is 109 Å². The smallest absolute Gasteiger partial charge is 0.352 e. The molecule has 5 nitrogen and oxygen atoms in total. The van der Waals surface area contributed by atoms with Crippen LogP contribution in [0.4, 0.5) is 0 Å². The van der Waals surface area contributed by atoms with Crippen LogP contribution in [0.5, 0.6) is 5.75 Å². The Morgan fingerprint density at radius 2 is 2.44 bits per heavy atom. The Morgan fingerprint density at radius 3 is 3.11 bits per heavy atom. The number of methoxy groups -OCH3 is 1. The highest BCUT2D eigenvalue weighted by Crippen LogP contribution is 2.25. The van der Waals surface area contributed by atoms with Gasteiger partial charge in [0.05, 0.1) is 13.7 Å². The van der Waals surface area contributed by atoms with Crippen molar-refractivity contribution in [1.29, 1.82) is 0 Å². The number of esters is 1. The minimum absolute atomic E-state index is 0.246. The Balaban J connectivity index is 1.95. The van der Waals surface area contributed by atoms with Crippen molar-refractivity contribution in [2.45, 2.75) is 19.6 Å². The van der Waals surface area contributed by atoms with E-state index in [2.05, 4.69) is 5.10 Å². The molecule has 1 atom stereocenters. The Bertz CT molecular complexity index is 507. The number of thiophene rings is 1. The lowest BCUT2D eigenvalue weighted by atomic mass is 10.4. The first-order chi connectivity index (χ1) is 8.70. The third-order valence-corrected chi connectivity index (χ3v) is 3.22. The van der Waals surface area contributed by atoms with Gasteiger partial charge in [-0.2, -0.15) is 5.10 Å². The molecule has 6 heteroatoms. The van der Waals surface area contributed by atoms with Gasteiger partial charge < -0.3 is 9.47 Å². The zero-order valence-electron chi connectivity index (χ0n) is 10.2. The number of hydrogen-bond acceptors (Lipinski definition) is 5. The average Bonchev–Trinajstić information content (AvgIpc) is 2.97. The van der Waals surface area contributed by atoms with Crippen LogP contribution in [0.2, 0.25) is 0 Å². The molecule has 0 radical (unpaired) electrons. The minimum atomic E-state index is -0.360. The number of nitrogens with zero attached hydrogens (tertiary/aromatic N) is 2. The molecule has 96 valence electrons. The second-order valence-corrected chi connectivity index (χ2v) is 4.68. The molecule has 0 saturated carbocycles. The van der Waals surface area contributed by atoms with Gasteiger partial charge in [0.15, 0.2) is 4.88 Å². The minimum Gasteiger partial charge on any atom is -0.495 e. The summed E-state index contributed by atoms with van der Waals surface area (Å²) in [6.45, 7) is 2.37. The van der Waals surface area contributed by atoms with Gasteiger partial charge in [0.1, 0.15) is 11.9 Å². The van der Waals surface area contributed by atoms with Crippen LogP contribution in [0, 0.1) is 0 Å². The summed E-state index contributed by atoms with van der Waals surface area (Å²) < 4.78 is 12.2. The second kappa shape index (κ2) is 5.68. The molecule has 0 N–H and O–H groups in total. The van der Waals surface area contributed by atoms with E-state index in [1.54, 1.807) is 22.3 Å². The molecular formula is C12H14N2O3S. The molecule has 0 aliphatic rings. The topological polar surface area (TPSA) is 53.4 Å². The molecule has 0 fully saturated rings. The van der Waals surface area contributed by atoms with Gasteiger partial charge in [0.25, 0.3) is 0 Å². The largest absolute Gasteiger partial charge is 0.495 e. The highest BCUT2D eigenvalue weighted by Gasteiger charge is 2.18. The highest BCUT2D eigenvalue weighted by atomic mass is 32.1. The van der Waals surface area contributed by atoms with Gasteiger partial charge in [-0.1, -0.05) is 0 Å². The summed E-state index contributed by atoms with van der Waals surface area (Å²) >= 11 is 1.31. The van der Waals surface area contributed by atoms with E-state index in [1.807, 2.05) is 19.2 Å². The molecule has 0 spiro atoms. The molecule has 2 rings (SSSR count). The van der Waals surface area contributed by atoms with E-state index in [0.717, 1.165) is 0 Å². The van der Waals surface area contributed by atoms with Crippen LogP contribution in [0.3, 0.4) is 0 Å². The summed E-state index contributed by atoms with van der Waals surface area (Å²) in [4.78, 5) is 12.4. The summed E-state index contributed by atoms with van der Waals surface area (Å²) in [5.41, 5.74) is 0. The number of hydrogen-bond donors (Lipinski definition) is 0. The number of aromatic nitrogens is 2. The van der Waals surface area contributed by atoms with E-state index in [0.29, 0.717) is 17.2 Å². The van der Waals surface area contributed by atoms with E-state index in [4.69, 9.17) is 9.47 Å². The van der Waals surface area contributed by atoms with Crippen LogP contribution in [-0.4, -0.2) is 29.0 Å². The van der Waals surface area contributed by atoms with Gasteiger partial charge in [-0.15, -0.1) is 11.3 Å². The average molecular weight is 266 g/mol. The predicted octanol–water partition coefficient (Wildman–Crippen LogP) is 2.20. The first-order valence-corrected chi connectivity index (χ1v) is 6.38. The SMILES string of the molecule is COc1ccsc1C(=O)O[C@@H](C)Cn1cccn1. The maximum absolute atomic E-state index is 11.9. The van der Waals surface area contributed by atoms with Gasteiger partial charge >= 0.3 is 5.97 Å². The number of rotatable bonds is 5. The first-order valence-electron chi connectivity index (χ1n) is 5.50. The van der Waals surface area contributed by atoms with Crippen molar-refractivity contribution >= 4 is 17.3 Å². The van der Waals surface area contributed by atoms with Crippen molar-refractivity contribution in [2.75, 3.05) is 7.11 Å². The van der Waals surface area contributed by atoms with Crippen LogP contribution >= 0.6 is 11.3 Å². The number of carbonyl (C=O) groups is 1. The molecule has 0 amide bonds. The predicted molar refractivity (Wildman–Crippen MR) is 68.0 cm³/mol. The normalized spacial score (nSPS) is 12.1. The van der Waals surface area contributed by atoms with Crippen LogP contribution in [0.15, 0.2) is 29.9 Å². The van der Waals surface area contributed by atoms with Crippen LogP contribution < -0.4 is 4.74 Å². The van der Waals surface area contributed by atoms with Gasteiger partial charge in [0.2, 0.25) is 0 Å². The monoisotopic (exact) mass is 266 g/mol. The van der Waals surface area contributed by atoms with E-state index in [9.17, 15) is 4.79 Å². The Morgan fingerprint density at radius 1 is 1.61 bits per heavy atom. The van der Waals surface area contributed by atoms with Crippen LogP contribution in [0.25, 0.3) is 0 Å². The molecule has 2 heterocycles. The molecule has 0 aromatic carbocycles. The summed E-state index contributed by atoms with van der Waals surface area (Å²) in [7, 11) is 1.53. The van der Waals surface area contributed by atoms with Gasteiger partial charge in [0, 0.05) is 12.4 Å². The van der Waals surface area contributed by atoms with E-state index in [-0.39, 0.29) is 12.1 Å². The van der Waals surface area contributed by atoms with Crippen molar-refractivity contribution in [3.05, 3.63) is 34.8 Å². The molecule has 18 heavy (non-hydrogen) atoms. The van der Waals surface area contributed by atoms with Crippen LogP contribution in [0.1, 0.15) is 16.6 Å². The van der Waals surface area contributed by atoms with E-state index < -0.39 is 0 Å². The molecule has 2 aromatic rings. The molecular weight excluding hydrogens is 252 g/mol. The zero-order chi connectivity index (χ0) is 13.0. The maximum atomic E-state index is 11.9. The van der Waals surface area contributed by atoms with Crippen molar-refractivity contribution < 1.29 is 14.3 Å². The maximum Gasteiger partial charge on any atom is 0.352 e. The summed E-state index contributed by atoms with van der Waals surface area (Å²) in [6, 6.07) is 3.58. The molecule has 0 aliphatic carbocycles. The van der Waals surface area contributed by atoms with Gasteiger partial charge in [-0.25, -0.2) is 4.79 Å². The lowest BCUT2D eigenvalue weighted by Crippen LogP contribution is -2.20. The van der Waals surface area contributed by atoms with Gasteiger partial charge in [-0.05, 0) is 24.4 Å². The number of ether oxygens (including phenoxy) is 2.